The summed E-state index contributed by atoms with van der Waals surface area (Å²) in [5.74, 6) is -0.286. The molecule has 0 saturated heterocycles. The number of fused-ring (bicyclic) bond motifs is 1. The van der Waals surface area contributed by atoms with Crippen LogP contribution >= 0.6 is 11.6 Å². The first kappa shape index (κ1) is 11.9. The van der Waals surface area contributed by atoms with Crippen LogP contribution in [0.3, 0.4) is 0 Å². The van der Waals surface area contributed by atoms with Crippen molar-refractivity contribution in [3.8, 4) is 0 Å². The van der Waals surface area contributed by atoms with E-state index in [0.717, 1.165) is 10.9 Å². The van der Waals surface area contributed by atoms with E-state index < -0.39 is 0 Å². The molecule has 0 fully saturated rings. The van der Waals surface area contributed by atoms with Gasteiger partial charge in [0.05, 0.1) is 29.3 Å². The highest BCUT2D eigenvalue weighted by atomic mass is 35.5. The zero-order valence-electron chi connectivity index (χ0n) is 9.44. The van der Waals surface area contributed by atoms with Crippen LogP contribution < -0.4 is 0 Å². The maximum absolute atomic E-state index is 11.4. The van der Waals surface area contributed by atoms with E-state index in [1.807, 2.05) is 24.3 Å². The first-order chi connectivity index (χ1) is 8.20. The lowest BCUT2D eigenvalue weighted by molar-refractivity contribution is -0.142. The SMILES string of the molecule is CCOC(=O)Cc1cc(Cl)c2ccccc2n1. The molecular formula is C13H12ClNO2. The molecule has 0 bridgehead atoms. The average Bonchev–Trinajstić information content (AvgIpc) is 2.29. The third-order valence-electron chi connectivity index (χ3n) is 2.35. The number of rotatable bonds is 3. The molecule has 0 aliphatic heterocycles. The number of carbonyl (C=O) groups excluding carboxylic acids is 1. The number of ether oxygens (including phenoxy) is 1. The van der Waals surface area contributed by atoms with Crippen molar-refractivity contribution in [2.24, 2.45) is 0 Å². The lowest BCUT2D eigenvalue weighted by atomic mass is 10.2. The van der Waals surface area contributed by atoms with Crippen LogP contribution in [0.4, 0.5) is 0 Å². The van der Waals surface area contributed by atoms with Crippen LogP contribution in [0.1, 0.15) is 12.6 Å². The average molecular weight is 250 g/mol. The van der Waals surface area contributed by atoms with Gasteiger partial charge in [-0.1, -0.05) is 29.8 Å². The molecular weight excluding hydrogens is 238 g/mol. The van der Waals surface area contributed by atoms with Crippen LogP contribution in [-0.2, 0) is 16.0 Å². The van der Waals surface area contributed by atoms with E-state index in [2.05, 4.69) is 4.98 Å². The number of nitrogens with zero attached hydrogens (tertiary/aromatic N) is 1. The third kappa shape index (κ3) is 2.74. The fraction of sp³-hybridized carbons (Fsp3) is 0.231. The van der Waals surface area contributed by atoms with E-state index in [0.29, 0.717) is 17.3 Å². The van der Waals surface area contributed by atoms with Crippen molar-refractivity contribution in [1.82, 2.24) is 4.98 Å². The lowest BCUT2D eigenvalue weighted by Crippen LogP contribution is -2.08. The summed E-state index contributed by atoms with van der Waals surface area (Å²) in [5.41, 5.74) is 1.42. The van der Waals surface area contributed by atoms with Crippen molar-refractivity contribution in [3.63, 3.8) is 0 Å². The maximum Gasteiger partial charge on any atom is 0.311 e. The molecule has 0 radical (unpaired) electrons. The second kappa shape index (κ2) is 5.15. The summed E-state index contributed by atoms with van der Waals surface area (Å²) in [5, 5.41) is 1.50. The molecule has 0 saturated carbocycles. The Labute approximate surface area is 104 Å². The number of pyridine rings is 1. The molecule has 2 rings (SSSR count). The monoisotopic (exact) mass is 249 g/mol. The van der Waals surface area contributed by atoms with E-state index in [1.165, 1.54) is 0 Å². The standard InChI is InChI=1S/C13H12ClNO2/c1-2-17-13(16)8-9-7-11(14)10-5-3-4-6-12(10)15-9/h3-7H,2,8H2,1H3. The number of para-hydroxylation sites is 1. The molecule has 0 unspecified atom stereocenters. The fourth-order valence-electron chi connectivity index (χ4n) is 1.63. The molecule has 3 nitrogen and oxygen atoms in total. The van der Waals surface area contributed by atoms with Crippen LogP contribution in [0.15, 0.2) is 30.3 Å². The molecule has 4 heteroatoms. The third-order valence-corrected chi connectivity index (χ3v) is 2.66. The first-order valence-corrected chi connectivity index (χ1v) is 5.78. The van der Waals surface area contributed by atoms with E-state index in [4.69, 9.17) is 16.3 Å². The fourth-order valence-corrected chi connectivity index (χ4v) is 1.92. The zero-order chi connectivity index (χ0) is 12.3. The second-order valence-corrected chi connectivity index (χ2v) is 4.00. The molecule has 2 aromatic rings. The van der Waals surface area contributed by atoms with Crippen LogP contribution in [0.5, 0.6) is 0 Å². The van der Waals surface area contributed by atoms with E-state index >= 15 is 0 Å². The van der Waals surface area contributed by atoms with Gasteiger partial charge in [-0.15, -0.1) is 0 Å². The predicted molar refractivity (Wildman–Crippen MR) is 67.1 cm³/mol. The molecule has 88 valence electrons. The summed E-state index contributed by atoms with van der Waals surface area (Å²) in [7, 11) is 0. The van der Waals surface area contributed by atoms with E-state index in [-0.39, 0.29) is 12.4 Å². The summed E-state index contributed by atoms with van der Waals surface area (Å²) in [4.78, 5) is 15.7. The number of esters is 1. The Kier molecular flexibility index (Phi) is 3.59. The van der Waals surface area contributed by atoms with E-state index in [1.54, 1.807) is 13.0 Å². The quantitative estimate of drug-likeness (QED) is 0.785. The Morgan fingerprint density at radius 3 is 2.94 bits per heavy atom. The number of halogens is 1. The minimum Gasteiger partial charge on any atom is -0.466 e. The maximum atomic E-state index is 11.4. The zero-order valence-corrected chi connectivity index (χ0v) is 10.2. The number of carbonyl (C=O) groups is 1. The molecule has 0 aliphatic carbocycles. The molecule has 1 heterocycles. The Balaban J connectivity index is 2.33. The van der Waals surface area contributed by atoms with Gasteiger partial charge in [0.1, 0.15) is 0 Å². The van der Waals surface area contributed by atoms with Crippen molar-refractivity contribution >= 4 is 28.5 Å². The summed E-state index contributed by atoms with van der Waals surface area (Å²) < 4.78 is 4.88. The number of benzene rings is 1. The summed E-state index contributed by atoms with van der Waals surface area (Å²) >= 11 is 6.13. The van der Waals surface area contributed by atoms with Gasteiger partial charge in [0.15, 0.2) is 0 Å². The van der Waals surface area contributed by atoms with Gasteiger partial charge in [0, 0.05) is 5.39 Å². The second-order valence-electron chi connectivity index (χ2n) is 3.59. The molecule has 0 atom stereocenters. The summed E-state index contributed by atoms with van der Waals surface area (Å²) in [6, 6.07) is 9.27. The minimum atomic E-state index is -0.286. The Bertz CT molecular complexity index is 554. The Morgan fingerprint density at radius 1 is 1.41 bits per heavy atom. The first-order valence-electron chi connectivity index (χ1n) is 5.40. The van der Waals surface area contributed by atoms with Gasteiger partial charge in [-0.05, 0) is 19.1 Å². The Morgan fingerprint density at radius 2 is 2.18 bits per heavy atom. The largest absolute Gasteiger partial charge is 0.466 e. The molecule has 1 aromatic heterocycles. The van der Waals surface area contributed by atoms with E-state index in [9.17, 15) is 4.79 Å². The predicted octanol–water partition coefficient (Wildman–Crippen LogP) is 2.99. The van der Waals surface area contributed by atoms with Gasteiger partial charge in [-0.2, -0.15) is 0 Å². The van der Waals surface area contributed by atoms with Crippen LogP contribution in [-0.4, -0.2) is 17.6 Å². The molecule has 0 spiro atoms. The summed E-state index contributed by atoms with van der Waals surface area (Å²) in [6.45, 7) is 2.15. The molecule has 0 amide bonds. The normalized spacial score (nSPS) is 10.5. The lowest BCUT2D eigenvalue weighted by Gasteiger charge is -2.05. The van der Waals surface area contributed by atoms with Gasteiger partial charge in [-0.25, -0.2) is 0 Å². The molecule has 17 heavy (non-hydrogen) atoms. The molecule has 0 N–H and O–H groups in total. The number of aromatic nitrogens is 1. The minimum absolute atomic E-state index is 0.151. The van der Waals surface area contributed by atoms with Gasteiger partial charge >= 0.3 is 5.97 Å². The Hall–Kier alpha value is -1.61. The van der Waals surface area contributed by atoms with Crippen molar-refractivity contribution in [3.05, 3.63) is 41.0 Å². The van der Waals surface area contributed by atoms with Gasteiger partial charge in [0.2, 0.25) is 0 Å². The van der Waals surface area contributed by atoms with Crippen molar-refractivity contribution in [1.29, 1.82) is 0 Å². The van der Waals surface area contributed by atoms with Crippen LogP contribution in [0.25, 0.3) is 10.9 Å². The topological polar surface area (TPSA) is 39.2 Å². The highest BCUT2D eigenvalue weighted by Gasteiger charge is 2.08. The van der Waals surface area contributed by atoms with Crippen LogP contribution in [0, 0.1) is 0 Å². The van der Waals surface area contributed by atoms with Crippen molar-refractivity contribution in [2.45, 2.75) is 13.3 Å². The van der Waals surface area contributed by atoms with Gasteiger partial charge < -0.3 is 4.74 Å². The number of hydrogen-bond donors (Lipinski definition) is 0. The summed E-state index contributed by atoms with van der Waals surface area (Å²) in [6.07, 6.45) is 0.151. The van der Waals surface area contributed by atoms with Crippen molar-refractivity contribution < 1.29 is 9.53 Å². The van der Waals surface area contributed by atoms with Crippen molar-refractivity contribution in [2.75, 3.05) is 6.61 Å². The number of hydrogen-bond acceptors (Lipinski definition) is 3. The smallest absolute Gasteiger partial charge is 0.311 e. The highest BCUT2D eigenvalue weighted by Crippen LogP contribution is 2.22. The van der Waals surface area contributed by atoms with Gasteiger partial charge in [0.25, 0.3) is 0 Å². The van der Waals surface area contributed by atoms with Gasteiger partial charge in [-0.3, -0.25) is 9.78 Å². The molecule has 1 aromatic carbocycles. The highest BCUT2D eigenvalue weighted by molar-refractivity contribution is 6.35. The van der Waals surface area contributed by atoms with Crippen LogP contribution in [0.2, 0.25) is 5.02 Å². The molecule has 0 aliphatic rings.